The Labute approximate surface area is 141 Å². The molecule has 2 aromatic rings. The van der Waals surface area contributed by atoms with Gasteiger partial charge in [-0.1, -0.05) is 12.1 Å². The lowest BCUT2D eigenvalue weighted by molar-refractivity contribution is 0.00578. The number of benzene rings is 1. The van der Waals surface area contributed by atoms with Crippen LogP contribution in [0.25, 0.3) is 11.4 Å². The smallest absolute Gasteiger partial charge is 0.465 e. The lowest BCUT2D eigenvalue weighted by Gasteiger charge is -2.32. The first-order chi connectivity index (χ1) is 11.2. The fourth-order valence-corrected chi connectivity index (χ4v) is 2.59. The molecule has 24 heavy (non-hydrogen) atoms. The Bertz CT molecular complexity index is 740. The standard InChI is InChI=1S/C17H21BN2O4/c1-16(2)17(3,4)24-18(23-16)13-7-6-11(14-19-8-9-20-14)10-12(13)15(21)22-5/h6-10H,1-5H3,(H,19,20). The summed E-state index contributed by atoms with van der Waals surface area (Å²) >= 11 is 0. The van der Waals surface area contributed by atoms with Crippen LogP contribution >= 0.6 is 0 Å². The van der Waals surface area contributed by atoms with Crippen molar-refractivity contribution in [1.82, 2.24) is 9.97 Å². The molecule has 0 radical (unpaired) electrons. The van der Waals surface area contributed by atoms with Gasteiger partial charge in [0.1, 0.15) is 5.82 Å². The number of aromatic nitrogens is 2. The van der Waals surface area contributed by atoms with Gasteiger partial charge < -0.3 is 19.0 Å². The van der Waals surface area contributed by atoms with Crippen LogP contribution in [-0.4, -0.2) is 41.4 Å². The number of carbonyl (C=O) groups is 1. The highest BCUT2D eigenvalue weighted by Crippen LogP contribution is 2.36. The van der Waals surface area contributed by atoms with Crippen LogP contribution in [0.3, 0.4) is 0 Å². The van der Waals surface area contributed by atoms with Crippen molar-refractivity contribution in [3.63, 3.8) is 0 Å². The Morgan fingerprint density at radius 2 is 1.88 bits per heavy atom. The number of ether oxygens (including phenoxy) is 1. The van der Waals surface area contributed by atoms with Gasteiger partial charge in [-0.25, -0.2) is 9.78 Å². The molecule has 0 saturated carbocycles. The third kappa shape index (κ3) is 2.74. The van der Waals surface area contributed by atoms with E-state index in [1.807, 2.05) is 39.8 Å². The average molecular weight is 328 g/mol. The predicted molar refractivity (Wildman–Crippen MR) is 91.1 cm³/mol. The Hall–Kier alpha value is -2.12. The third-order valence-electron chi connectivity index (χ3n) is 4.74. The van der Waals surface area contributed by atoms with Gasteiger partial charge in [0.25, 0.3) is 0 Å². The topological polar surface area (TPSA) is 73.4 Å². The van der Waals surface area contributed by atoms with E-state index in [9.17, 15) is 4.79 Å². The predicted octanol–water partition coefficient (Wildman–Crippen LogP) is 2.16. The SMILES string of the molecule is COC(=O)c1cc(-c2ncc[nH]2)ccc1B1OC(C)(C)C(C)(C)O1. The van der Waals surface area contributed by atoms with E-state index in [2.05, 4.69) is 9.97 Å². The Balaban J connectivity index is 2.04. The molecule has 1 aliphatic rings. The summed E-state index contributed by atoms with van der Waals surface area (Å²) in [5.41, 5.74) is 0.886. The summed E-state index contributed by atoms with van der Waals surface area (Å²) in [6.07, 6.45) is 3.39. The molecule has 126 valence electrons. The van der Waals surface area contributed by atoms with Crippen molar-refractivity contribution in [2.45, 2.75) is 38.9 Å². The number of aromatic amines is 1. The molecule has 0 bridgehead atoms. The van der Waals surface area contributed by atoms with Crippen molar-refractivity contribution < 1.29 is 18.8 Å². The lowest BCUT2D eigenvalue weighted by atomic mass is 9.75. The molecule has 0 spiro atoms. The third-order valence-corrected chi connectivity index (χ3v) is 4.74. The molecule has 0 atom stereocenters. The summed E-state index contributed by atoms with van der Waals surface area (Å²) in [4.78, 5) is 19.5. The van der Waals surface area contributed by atoms with Gasteiger partial charge in [0.2, 0.25) is 0 Å². The van der Waals surface area contributed by atoms with Gasteiger partial charge in [0, 0.05) is 18.0 Å². The van der Waals surface area contributed by atoms with Crippen molar-refractivity contribution in [2.75, 3.05) is 7.11 Å². The average Bonchev–Trinajstić information content (AvgIpc) is 3.13. The molecule has 1 fully saturated rings. The van der Waals surface area contributed by atoms with Gasteiger partial charge >= 0.3 is 13.1 Å². The van der Waals surface area contributed by atoms with Crippen molar-refractivity contribution in [2.24, 2.45) is 0 Å². The molecule has 1 N–H and O–H groups in total. The van der Waals surface area contributed by atoms with E-state index in [4.69, 9.17) is 14.0 Å². The largest absolute Gasteiger partial charge is 0.495 e. The van der Waals surface area contributed by atoms with Gasteiger partial charge in [0.15, 0.2) is 0 Å². The van der Waals surface area contributed by atoms with E-state index in [1.165, 1.54) is 7.11 Å². The highest BCUT2D eigenvalue weighted by Gasteiger charge is 2.52. The van der Waals surface area contributed by atoms with Crippen molar-refractivity contribution >= 4 is 18.6 Å². The number of imidazole rings is 1. The highest BCUT2D eigenvalue weighted by molar-refractivity contribution is 6.63. The molecule has 1 saturated heterocycles. The van der Waals surface area contributed by atoms with Crippen LogP contribution in [0, 0.1) is 0 Å². The molecular formula is C17H21BN2O4. The van der Waals surface area contributed by atoms with E-state index in [0.717, 1.165) is 5.56 Å². The second kappa shape index (κ2) is 5.75. The van der Waals surface area contributed by atoms with Crippen LogP contribution in [0.15, 0.2) is 30.6 Å². The quantitative estimate of drug-likeness (QED) is 0.690. The number of methoxy groups -OCH3 is 1. The second-order valence-electron chi connectivity index (χ2n) is 6.82. The summed E-state index contributed by atoms with van der Waals surface area (Å²) in [7, 11) is 0.727. The number of H-pyrrole nitrogens is 1. The number of hydrogen-bond donors (Lipinski definition) is 1. The number of carbonyl (C=O) groups excluding carboxylic acids is 1. The first-order valence-corrected chi connectivity index (χ1v) is 7.83. The van der Waals surface area contributed by atoms with Crippen LogP contribution < -0.4 is 5.46 Å². The van der Waals surface area contributed by atoms with Crippen LogP contribution in [-0.2, 0) is 14.0 Å². The van der Waals surface area contributed by atoms with Gasteiger partial charge in [-0.3, -0.25) is 0 Å². The van der Waals surface area contributed by atoms with Gasteiger partial charge in [-0.15, -0.1) is 0 Å². The minimum Gasteiger partial charge on any atom is -0.465 e. The molecule has 6 nitrogen and oxygen atoms in total. The first kappa shape index (κ1) is 16.7. The summed E-state index contributed by atoms with van der Waals surface area (Å²) in [6.45, 7) is 7.90. The van der Waals surface area contributed by atoms with Crippen molar-refractivity contribution in [3.8, 4) is 11.4 Å². The number of rotatable bonds is 3. The lowest BCUT2D eigenvalue weighted by Crippen LogP contribution is -2.41. The Morgan fingerprint density at radius 3 is 2.42 bits per heavy atom. The molecule has 7 heteroatoms. The van der Waals surface area contributed by atoms with E-state index in [-0.39, 0.29) is 0 Å². The zero-order valence-corrected chi connectivity index (χ0v) is 14.5. The van der Waals surface area contributed by atoms with E-state index in [1.54, 1.807) is 18.5 Å². The van der Waals surface area contributed by atoms with Gasteiger partial charge in [-0.05, 0) is 39.2 Å². The van der Waals surface area contributed by atoms with Crippen molar-refractivity contribution in [1.29, 1.82) is 0 Å². The Morgan fingerprint density at radius 1 is 1.21 bits per heavy atom. The monoisotopic (exact) mass is 328 g/mol. The molecule has 1 aromatic carbocycles. The second-order valence-corrected chi connectivity index (χ2v) is 6.82. The molecular weight excluding hydrogens is 307 g/mol. The van der Waals surface area contributed by atoms with Crippen LogP contribution in [0.4, 0.5) is 0 Å². The molecule has 0 amide bonds. The summed E-state index contributed by atoms with van der Waals surface area (Å²) < 4.78 is 17.1. The molecule has 1 aliphatic heterocycles. The first-order valence-electron chi connectivity index (χ1n) is 7.83. The summed E-state index contributed by atoms with van der Waals surface area (Å²) in [5.74, 6) is 0.244. The van der Waals surface area contributed by atoms with Crippen LogP contribution in [0.2, 0.25) is 0 Å². The maximum Gasteiger partial charge on any atom is 0.495 e. The van der Waals surface area contributed by atoms with Gasteiger partial charge in [-0.2, -0.15) is 0 Å². The molecule has 2 heterocycles. The normalized spacial score (nSPS) is 18.6. The molecule has 0 unspecified atom stereocenters. The zero-order valence-electron chi connectivity index (χ0n) is 14.5. The zero-order chi connectivity index (χ0) is 17.5. The fourth-order valence-electron chi connectivity index (χ4n) is 2.59. The van der Waals surface area contributed by atoms with E-state index >= 15 is 0 Å². The molecule has 1 aromatic heterocycles. The number of nitrogens with zero attached hydrogens (tertiary/aromatic N) is 1. The number of esters is 1. The number of nitrogens with one attached hydrogen (secondary N) is 1. The minimum absolute atomic E-state index is 0.407. The minimum atomic E-state index is -0.630. The van der Waals surface area contributed by atoms with Crippen molar-refractivity contribution in [3.05, 3.63) is 36.2 Å². The van der Waals surface area contributed by atoms with Gasteiger partial charge in [0.05, 0.1) is 23.9 Å². The van der Waals surface area contributed by atoms with Crippen LogP contribution in [0.5, 0.6) is 0 Å². The molecule has 3 rings (SSSR count). The van der Waals surface area contributed by atoms with E-state index < -0.39 is 24.3 Å². The highest BCUT2D eigenvalue weighted by atomic mass is 16.7. The van der Waals surface area contributed by atoms with E-state index in [0.29, 0.717) is 16.9 Å². The fraction of sp³-hybridized carbons (Fsp3) is 0.412. The van der Waals surface area contributed by atoms with Crippen LogP contribution in [0.1, 0.15) is 38.1 Å². The maximum absolute atomic E-state index is 12.3. The number of hydrogen-bond acceptors (Lipinski definition) is 5. The summed E-state index contributed by atoms with van der Waals surface area (Å²) in [6, 6.07) is 5.45. The molecule has 0 aliphatic carbocycles. The maximum atomic E-state index is 12.3. The summed E-state index contributed by atoms with van der Waals surface area (Å²) in [5, 5.41) is 0. The Kier molecular flexibility index (Phi) is 4.01.